The molecule has 146 valence electrons. The van der Waals surface area contributed by atoms with Crippen molar-refractivity contribution in [2.24, 2.45) is 0 Å². The molecule has 0 saturated heterocycles. The number of nitrogens with zero attached hydrogens (tertiary/aromatic N) is 1. The molecule has 0 heterocycles. The van der Waals surface area contributed by atoms with Crippen LogP contribution in [-0.2, 0) is 4.79 Å². The minimum Gasteiger partial charge on any atom is -0.493 e. The molecule has 0 aliphatic heterocycles. The van der Waals surface area contributed by atoms with Gasteiger partial charge in [0, 0.05) is 5.56 Å². The summed E-state index contributed by atoms with van der Waals surface area (Å²) < 4.78 is 5.84. The van der Waals surface area contributed by atoms with Gasteiger partial charge in [-0.1, -0.05) is 73.7 Å². The van der Waals surface area contributed by atoms with E-state index >= 15 is 0 Å². The molecule has 0 bridgehead atoms. The number of benzene rings is 2. The van der Waals surface area contributed by atoms with Gasteiger partial charge < -0.3 is 10.1 Å². The Morgan fingerprint density at radius 3 is 2.50 bits per heavy atom. The number of hydrogen-bond donors (Lipinski definition) is 1. The summed E-state index contributed by atoms with van der Waals surface area (Å²) in [4.78, 5) is 12.5. The minimum absolute atomic E-state index is 0.0713. The first-order chi connectivity index (χ1) is 13.6. The highest BCUT2D eigenvalue weighted by Gasteiger charge is 2.14. The molecule has 1 amide bonds. The van der Waals surface area contributed by atoms with Gasteiger partial charge in [0.25, 0.3) is 5.91 Å². The van der Waals surface area contributed by atoms with E-state index in [0.29, 0.717) is 28.0 Å². The smallest absolute Gasteiger partial charge is 0.266 e. The molecule has 0 spiro atoms. The van der Waals surface area contributed by atoms with Crippen molar-refractivity contribution in [2.45, 2.75) is 32.6 Å². The molecular formula is C22H22Cl2N2O2. The Morgan fingerprint density at radius 1 is 1.11 bits per heavy atom. The van der Waals surface area contributed by atoms with Crippen LogP contribution >= 0.6 is 23.2 Å². The number of hydrogen-bond acceptors (Lipinski definition) is 3. The van der Waals surface area contributed by atoms with Crippen molar-refractivity contribution in [1.29, 1.82) is 5.26 Å². The fourth-order valence-electron chi connectivity index (χ4n) is 2.54. The molecule has 2 aromatic rings. The fraction of sp³-hybridized carbons (Fsp3) is 0.273. The van der Waals surface area contributed by atoms with Crippen LogP contribution < -0.4 is 10.1 Å². The summed E-state index contributed by atoms with van der Waals surface area (Å²) in [5, 5.41) is 12.7. The number of unbranched alkanes of at least 4 members (excludes halogenated alkanes) is 3. The van der Waals surface area contributed by atoms with Gasteiger partial charge in [-0.05, 0) is 30.7 Å². The number of carbonyl (C=O) groups excluding carboxylic acids is 1. The van der Waals surface area contributed by atoms with Gasteiger partial charge in [-0.25, -0.2) is 0 Å². The van der Waals surface area contributed by atoms with Gasteiger partial charge in [-0.3, -0.25) is 4.79 Å². The number of nitriles is 1. The monoisotopic (exact) mass is 416 g/mol. The highest BCUT2D eigenvalue weighted by atomic mass is 35.5. The van der Waals surface area contributed by atoms with Crippen molar-refractivity contribution in [3.05, 3.63) is 63.6 Å². The average molecular weight is 417 g/mol. The molecular weight excluding hydrogens is 395 g/mol. The third-order valence-corrected chi connectivity index (χ3v) is 4.67. The Hall–Kier alpha value is -2.48. The van der Waals surface area contributed by atoms with E-state index < -0.39 is 5.91 Å². The molecule has 6 heteroatoms. The third kappa shape index (κ3) is 6.30. The summed E-state index contributed by atoms with van der Waals surface area (Å²) in [6, 6.07) is 14.1. The molecule has 0 aliphatic carbocycles. The largest absolute Gasteiger partial charge is 0.493 e. The van der Waals surface area contributed by atoms with Crippen molar-refractivity contribution in [2.75, 3.05) is 11.9 Å². The quantitative estimate of drug-likeness (QED) is 0.288. The first-order valence-corrected chi connectivity index (χ1v) is 9.91. The van der Waals surface area contributed by atoms with Crippen molar-refractivity contribution < 1.29 is 9.53 Å². The van der Waals surface area contributed by atoms with Crippen LogP contribution in [0.1, 0.15) is 38.2 Å². The zero-order valence-corrected chi connectivity index (χ0v) is 17.2. The summed E-state index contributed by atoms with van der Waals surface area (Å²) in [7, 11) is 0. The SMILES string of the molecule is CCCCCCOc1ccccc1/C=C(\C#N)C(=O)Nc1c(Cl)cccc1Cl. The van der Waals surface area contributed by atoms with Crippen LogP contribution in [-0.4, -0.2) is 12.5 Å². The number of ether oxygens (including phenoxy) is 1. The molecule has 1 N–H and O–H groups in total. The lowest BCUT2D eigenvalue weighted by Gasteiger charge is -2.10. The van der Waals surface area contributed by atoms with Gasteiger partial charge in [0.15, 0.2) is 0 Å². The Balaban J connectivity index is 2.15. The molecule has 28 heavy (non-hydrogen) atoms. The molecule has 4 nitrogen and oxygen atoms in total. The Morgan fingerprint density at radius 2 is 1.82 bits per heavy atom. The highest BCUT2D eigenvalue weighted by Crippen LogP contribution is 2.30. The molecule has 0 aliphatic rings. The van der Waals surface area contributed by atoms with Gasteiger partial charge in [-0.15, -0.1) is 0 Å². The second-order valence-electron chi connectivity index (χ2n) is 6.17. The lowest BCUT2D eigenvalue weighted by molar-refractivity contribution is -0.112. The lowest BCUT2D eigenvalue weighted by Crippen LogP contribution is -2.14. The molecule has 0 fully saturated rings. The highest BCUT2D eigenvalue weighted by molar-refractivity contribution is 6.40. The van der Waals surface area contributed by atoms with Crippen molar-refractivity contribution in [1.82, 2.24) is 0 Å². The van der Waals surface area contributed by atoms with E-state index in [0.717, 1.165) is 19.3 Å². The van der Waals surface area contributed by atoms with E-state index in [1.807, 2.05) is 24.3 Å². The molecule has 0 unspecified atom stereocenters. The van der Waals surface area contributed by atoms with Gasteiger partial charge in [0.2, 0.25) is 0 Å². The van der Waals surface area contributed by atoms with Crippen LogP contribution in [0, 0.1) is 11.3 Å². The third-order valence-electron chi connectivity index (χ3n) is 4.04. The van der Waals surface area contributed by atoms with Crippen molar-refractivity contribution in [3.63, 3.8) is 0 Å². The van der Waals surface area contributed by atoms with E-state index in [9.17, 15) is 10.1 Å². The normalized spacial score (nSPS) is 11.0. The molecule has 0 radical (unpaired) electrons. The zero-order valence-electron chi connectivity index (χ0n) is 15.7. The van der Waals surface area contributed by atoms with Crippen LogP contribution in [0.3, 0.4) is 0 Å². The van der Waals surface area contributed by atoms with Gasteiger partial charge >= 0.3 is 0 Å². The predicted octanol–water partition coefficient (Wildman–Crippen LogP) is 6.50. The summed E-state index contributed by atoms with van der Waals surface area (Å²) >= 11 is 12.2. The topological polar surface area (TPSA) is 62.1 Å². The Kier molecular flexibility index (Phi) is 8.87. The number of carbonyl (C=O) groups is 1. The maximum absolute atomic E-state index is 12.5. The maximum Gasteiger partial charge on any atom is 0.266 e. The second kappa shape index (κ2) is 11.4. The van der Waals surface area contributed by atoms with E-state index in [1.54, 1.807) is 24.3 Å². The minimum atomic E-state index is -0.588. The predicted molar refractivity (Wildman–Crippen MR) is 115 cm³/mol. The van der Waals surface area contributed by atoms with E-state index in [1.165, 1.54) is 12.5 Å². The number of anilines is 1. The summed E-state index contributed by atoms with van der Waals surface area (Å²) in [6.45, 7) is 2.75. The van der Waals surface area contributed by atoms with Crippen molar-refractivity contribution >= 4 is 40.9 Å². The second-order valence-corrected chi connectivity index (χ2v) is 6.98. The van der Waals surface area contributed by atoms with Crippen molar-refractivity contribution in [3.8, 4) is 11.8 Å². The van der Waals surface area contributed by atoms with E-state index in [4.69, 9.17) is 27.9 Å². The summed E-state index contributed by atoms with van der Waals surface area (Å²) in [5.41, 5.74) is 0.866. The first kappa shape index (κ1) is 21.8. The van der Waals surface area contributed by atoms with Crippen LogP contribution in [0.5, 0.6) is 5.75 Å². The standard InChI is InChI=1S/C22H22Cl2N2O2/c1-2-3-4-7-13-28-20-12-6-5-9-16(20)14-17(15-25)22(27)26-21-18(23)10-8-11-19(21)24/h5-6,8-12,14H,2-4,7,13H2,1H3,(H,26,27)/b17-14+. The van der Waals surface area contributed by atoms with E-state index in [2.05, 4.69) is 12.2 Å². The van der Waals surface area contributed by atoms with Crippen LogP contribution in [0.25, 0.3) is 6.08 Å². The summed E-state index contributed by atoms with van der Waals surface area (Å²) in [6.07, 6.45) is 5.91. The van der Waals surface area contributed by atoms with E-state index in [-0.39, 0.29) is 11.3 Å². The molecule has 0 saturated carbocycles. The number of halogens is 2. The molecule has 2 rings (SSSR count). The summed E-state index contributed by atoms with van der Waals surface area (Å²) in [5.74, 6) is 0.0468. The number of nitrogens with one attached hydrogen (secondary N) is 1. The maximum atomic E-state index is 12.5. The average Bonchev–Trinajstić information content (AvgIpc) is 2.69. The lowest BCUT2D eigenvalue weighted by atomic mass is 10.1. The Labute approximate surface area is 175 Å². The number of rotatable bonds is 9. The molecule has 2 aromatic carbocycles. The van der Waals surface area contributed by atoms with Gasteiger partial charge in [-0.2, -0.15) is 5.26 Å². The van der Waals surface area contributed by atoms with Crippen LogP contribution in [0.15, 0.2) is 48.0 Å². The Bertz CT molecular complexity index is 868. The first-order valence-electron chi connectivity index (χ1n) is 9.15. The fourth-order valence-corrected chi connectivity index (χ4v) is 3.04. The number of para-hydroxylation sites is 2. The zero-order chi connectivity index (χ0) is 20.4. The van der Waals surface area contributed by atoms with Gasteiger partial charge in [0.1, 0.15) is 17.4 Å². The van der Waals surface area contributed by atoms with Gasteiger partial charge in [0.05, 0.1) is 22.3 Å². The molecule has 0 atom stereocenters. The molecule has 0 aromatic heterocycles. The number of amides is 1. The van der Waals surface area contributed by atoms with Crippen LogP contribution in [0.4, 0.5) is 5.69 Å². The van der Waals surface area contributed by atoms with Crippen LogP contribution in [0.2, 0.25) is 10.0 Å².